The van der Waals surface area contributed by atoms with Crippen molar-refractivity contribution in [2.24, 2.45) is 5.84 Å². The Morgan fingerprint density at radius 3 is 2.93 bits per heavy atom. The lowest BCUT2D eigenvalue weighted by molar-refractivity contribution is -0.116. The Morgan fingerprint density at radius 1 is 1.53 bits per heavy atom. The van der Waals surface area contributed by atoms with E-state index < -0.39 is 0 Å². The van der Waals surface area contributed by atoms with E-state index in [1.807, 2.05) is 36.6 Å². The first kappa shape index (κ1) is 11.3. The minimum atomic E-state index is -0.346. The van der Waals surface area contributed by atoms with Gasteiger partial charge in [0.15, 0.2) is 0 Å². The Morgan fingerprint density at radius 2 is 2.27 bits per heavy atom. The van der Waals surface area contributed by atoms with Crippen LogP contribution in [0, 0.1) is 0 Å². The summed E-state index contributed by atoms with van der Waals surface area (Å²) in [5.41, 5.74) is 2.87. The molecule has 1 rings (SSSR count). The topological polar surface area (TPSA) is 64.3 Å². The van der Waals surface area contributed by atoms with E-state index in [1.54, 1.807) is 6.08 Å². The molecular weight excluding hydrogens is 192 g/mol. The molecule has 3 N–H and O–H groups in total. The third kappa shape index (κ3) is 3.44. The number of carbonyl (C=O) groups excluding carboxylic acids is 1. The molecule has 0 aliphatic rings. The highest BCUT2D eigenvalue weighted by Gasteiger charge is 1.98. The highest BCUT2D eigenvalue weighted by molar-refractivity contribution is 5.91. The van der Waals surface area contributed by atoms with Crippen molar-refractivity contribution in [2.75, 3.05) is 6.61 Å². The molecule has 15 heavy (non-hydrogen) atoms. The monoisotopic (exact) mass is 206 g/mol. The number of rotatable bonds is 4. The van der Waals surface area contributed by atoms with Crippen molar-refractivity contribution in [1.29, 1.82) is 0 Å². The standard InChI is InChI=1S/C11H14N2O2/c1-2-15-10-6-4-3-5-9(10)7-8-11(14)13-12/h3-8H,2,12H2,1H3,(H,13,14). The lowest BCUT2D eigenvalue weighted by atomic mass is 10.2. The lowest BCUT2D eigenvalue weighted by Crippen LogP contribution is -2.27. The fraction of sp³-hybridized carbons (Fsp3) is 0.182. The summed E-state index contributed by atoms with van der Waals surface area (Å²) in [6.45, 7) is 2.50. The maximum atomic E-state index is 10.9. The summed E-state index contributed by atoms with van der Waals surface area (Å²) in [5, 5.41) is 0. The maximum Gasteiger partial charge on any atom is 0.257 e. The van der Waals surface area contributed by atoms with E-state index in [2.05, 4.69) is 0 Å². The van der Waals surface area contributed by atoms with Gasteiger partial charge in [-0.15, -0.1) is 0 Å². The summed E-state index contributed by atoms with van der Waals surface area (Å²) in [4.78, 5) is 10.9. The molecule has 0 aliphatic carbocycles. The van der Waals surface area contributed by atoms with E-state index in [0.717, 1.165) is 11.3 Å². The van der Waals surface area contributed by atoms with Gasteiger partial charge >= 0.3 is 0 Å². The molecule has 0 saturated carbocycles. The minimum Gasteiger partial charge on any atom is -0.493 e. The van der Waals surface area contributed by atoms with Crippen LogP contribution in [-0.2, 0) is 4.79 Å². The normalized spacial score (nSPS) is 10.3. The van der Waals surface area contributed by atoms with Crippen LogP contribution in [0.5, 0.6) is 5.75 Å². The van der Waals surface area contributed by atoms with E-state index in [4.69, 9.17) is 10.6 Å². The third-order valence-corrected chi connectivity index (χ3v) is 1.78. The third-order valence-electron chi connectivity index (χ3n) is 1.78. The second kappa shape index (κ2) is 5.82. The molecule has 4 nitrogen and oxygen atoms in total. The Bertz CT molecular complexity index is 361. The second-order valence-electron chi connectivity index (χ2n) is 2.81. The molecule has 0 heterocycles. The SMILES string of the molecule is CCOc1ccccc1C=CC(=O)NN. The zero-order valence-corrected chi connectivity index (χ0v) is 8.57. The number of benzene rings is 1. The van der Waals surface area contributed by atoms with Crippen LogP contribution >= 0.6 is 0 Å². The molecule has 1 aromatic carbocycles. The van der Waals surface area contributed by atoms with E-state index >= 15 is 0 Å². The van der Waals surface area contributed by atoms with Crippen LogP contribution in [0.3, 0.4) is 0 Å². The Labute approximate surface area is 88.7 Å². The summed E-state index contributed by atoms with van der Waals surface area (Å²) in [7, 11) is 0. The molecule has 0 radical (unpaired) electrons. The molecule has 1 aromatic rings. The number of hydrogen-bond donors (Lipinski definition) is 2. The fourth-order valence-electron chi connectivity index (χ4n) is 1.12. The molecule has 0 spiro atoms. The van der Waals surface area contributed by atoms with Gasteiger partial charge in [0.1, 0.15) is 5.75 Å². The van der Waals surface area contributed by atoms with Crippen molar-refractivity contribution < 1.29 is 9.53 Å². The average molecular weight is 206 g/mol. The molecule has 0 saturated heterocycles. The number of para-hydroxylation sites is 1. The van der Waals surface area contributed by atoms with E-state index in [-0.39, 0.29) is 5.91 Å². The number of carbonyl (C=O) groups is 1. The van der Waals surface area contributed by atoms with Crippen molar-refractivity contribution in [3.8, 4) is 5.75 Å². The van der Waals surface area contributed by atoms with Gasteiger partial charge in [-0.3, -0.25) is 10.2 Å². The van der Waals surface area contributed by atoms with Crippen LogP contribution in [-0.4, -0.2) is 12.5 Å². The van der Waals surface area contributed by atoms with Gasteiger partial charge in [0.2, 0.25) is 0 Å². The fourth-order valence-corrected chi connectivity index (χ4v) is 1.12. The summed E-state index contributed by atoms with van der Waals surface area (Å²) >= 11 is 0. The zero-order chi connectivity index (χ0) is 11.1. The van der Waals surface area contributed by atoms with Crippen LogP contribution in [0.15, 0.2) is 30.3 Å². The largest absolute Gasteiger partial charge is 0.493 e. The van der Waals surface area contributed by atoms with Gasteiger partial charge in [0, 0.05) is 11.6 Å². The lowest BCUT2D eigenvalue weighted by Gasteiger charge is -2.05. The maximum absolute atomic E-state index is 10.9. The molecule has 0 fully saturated rings. The Hall–Kier alpha value is -1.81. The Kier molecular flexibility index (Phi) is 4.37. The summed E-state index contributed by atoms with van der Waals surface area (Å²) in [6.07, 6.45) is 3.02. The number of amides is 1. The van der Waals surface area contributed by atoms with Gasteiger partial charge in [-0.05, 0) is 19.1 Å². The zero-order valence-electron chi connectivity index (χ0n) is 8.57. The van der Waals surface area contributed by atoms with E-state index in [0.29, 0.717) is 6.61 Å². The number of hydrogen-bond acceptors (Lipinski definition) is 3. The van der Waals surface area contributed by atoms with Gasteiger partial charge in [-0.1, -0.05) is 18.2 Å². The van der Waals surface area contributed by atoms with Crippen LogP contribution in [0.25, 0.3) is 6.08 Å². The molecular formula is C11H14N2O2. The molecule has 0 atom stereocenters. The van der Waals surface area contributed by atoms with Crippen molar-refractivity contribution >= 4 is 12.0 Å². The molecule has 0 aliphatic heterocycles. The van der Waals surface area contributed by atoms with Gasteiger partial charge < -0.3 is 4.74 Å². The van der Waals surface area contributed by atoms with Crippen molar-refractivity contribution in [1.82, 2.24) is 5.43 Å². The molecule has 4 heteroatoms. The highest BCUT2D eigenvalue weighted by Crippen LogP contribution is 2.19. The van der Waals surface area contributed by atoms with Crippen molar-refractivity contribution in [3.63, 3.8) is 0 Å². The minimum absolute atomic E-state index is 0.346. The first-order valence-electron chi connectivity index (χ1n) is 4.68. The van der Waals surface area contributed by atoms with Crippen LogP contribution in [0.4, 0.5) is 0 Å². The summed E-state index contributed by atoms with van der Waals surface area (Å²) < 4.78 is 5.39. The molecule has 0 aromatic heterocycles. The summed E-state index contributed by atoms with van der Waals surface area (Å²) in [5.74, 6) is 5.36. The average Bonchev–Trinajstić information content (AvgIpc) is 2.28. The molecule has 1 amide bonds. The Balaban J connectivity index is 2.83. The predicted molar refractivity (Wildman–Crippen MR) is 59.0 cm³/mol. The van der Waals surface area contributed by atoms with E-state index in [9.17, 15) is 4.79 Å². The van der Waals surface area contributed by atoms with Crippen LogP contribution in [0.1, 0.15) is 12.5 Å². The van der Waals surface area contributed by atoms with Crippen molar-refractivity contribution in [3.05, 3.63) is 35.9 Å². The first-order chi connectivity index (χ1) is 7.27. The van der Waals surface area contributed by atoms with Gasteiger partial charge in [0.25, 0.3) is 5.91 Å². The predicted octanol–water partition coefficient (Wildman–Crippen LogP) is 1.09. The molecule has 0 bridgehead atoms. The highest BCUT2D eigenvalue weighted by atomic mass is 16.5. The van der Waals surface area contributed by atoms with Gasteiger partial charge in [0.05, 0.1) is 6.61 Å². The van der Waals surface area contributed by atoms with E-state index in [1.165, 1.54) is 6.08 Å². The number of nitrogens with two attached hydrogens (primary N) is 1. The van der Waals surface area contributed by atoms with Gasteiger partial charge in [-0.25, -0.2) is 5.84 Å². The second-order valence-corrected chi connectivity index (χ2v) is 2.81. The van der Waals surface area contributed by atoms with Crippen LogP contribution in [0.2, 0.25) is 0 Å². The quantitative estimate of drug-likeness (QED) is 0.335. The molecule has 80 valence electrons. The first-order valence-corrected chi connectivity index (χ1v) is 4.68. The number of nitrogens with one attached hydrogen (secondary N) is 1. The summed E-state index contributed by atoms with van der Waals surface area (Å²) in [6, 6.07) is 7.47. The van der Waals surface area contributed by atoms with Crippen molar-refractivity contribution in [2.45, 2.75) is 6.92 Å². The number of ether oxygens (including phenoxy) is 1. The van der Waals surface area contributed by atoms with Crippen LogP contribution < -0.4 is 16.0 Å². The molecule has 0 unspecified atom stereocenters. The number of hydrazine groups is 1. The smallest absolute Gasteiger partial charge is 0.257 e. The van der Waals surface area contributed by atoms with Gasteiger partial charge in [-0.2, -0.15) is 0 Å².